The second kappa shape index (κ2) is 9.38. The monoisotopic (exact) mass is 436 g/mol. The highest BCUT2D eigenvalue weighted by Gasteiger charge is 2.33. The number of aryl methyl sites for hydroxylation is 1. The SMILES string of the molecule is Cc1ccccc1-c1noc(C2CCN(C(=O)C(NC(=O)c3ccco3)C(C)C)CC2)n1. The van der Waals surface area contributed by atoms with Gasteiger partial charge in [0, 0.05) is 24.6 Å². The van der Waals surface area contributed by atoms with Gasteiger partial charge in [-0.3, -0.25) is 9.59 Å². The van der Waals surface area contributed by atoms with Crippen LogP contribution in [0.15, 0.2) is 51.6 Å². The summed E-state index contributed by atoms with van der Waals surface area (Å²) in [5.74, 6) is 1.00. The largest absolute Gasteiger partial charge is 0.459 e. The van der Waals surface area contributed by atoms with Crippen LogP contribution in [0.2, 0.25) is 0 Å². The Hall–Kier alpha value is -3.42. The molecule has 0 saturated carbocycles. The van der Waals surface area contributed by atoms with Crippen molar-refractivity contribution in [2.75, 3.05) is 13.1 Å². The second-order valence-electron chi connectivity index (χ2n) is 8.54. The lowest BCUT2D eigenvalue weighted by molar-refractivity contribution is -0.135. The molecule has 32 heavy (non-hydrogen) atoms. The Kier molecular flexibility index (Phi) is 6.39. The van der Waals surface area contributed by atoms with Gasteiger partial charge in [0.1, 0.15) is 6.04 Å². The van der Waals surface area contributed by atoms with Crippen LogP contribution in [0.5, 0.6) is 0 Å². The molecule has 8 nitrogen and oxygen atoms in total. The quantitative estimate of drug-likeness (QED) is 0.631. The van der Waals surface area contributed by atoms with Gasteiger partial charge in [0.05, 0.1) is 6.26 Å². The molecule has 4 rings (SSSR count). The van der Waals surface area contributed by atoms with Gasteiger partial charge in [0.2, 0.25) is 17.6 Å². The molecule has 0 bridgehead atoms. The normalized spacial score (nSPS) is 15.7. The molecular formula is C24H28N4O4. The van der Waals surface area contributed by atoms with Crippen LogP contribution in [0, 0.1) is 12.8 Å². The highest BCUT2D eigenvalue weighted by atomic mass is 16.5. The van der Waals surface area contributed by atoms with Gasteiger partial charge in [-0.1, -0.05) is 43.3 Å². The van der Waals surface area contributed by atoms with Crippen molar-refractivity contribution in [3.05, 3.63) is 59.9 Å². The van der Waals surface area contributed by atoms with E-state index in [1.165, 1.54) is 6.26 Å². The maximum Gasteiger partial charge on any atom is 0.287 e. The Balaban J connectivity index is 1.38. The third kappa shape index (κ3) is 4.59. The van der Waals surface area contributed by atoms with E-state index in [9.17, 15) is 9.59 Å². The summed E-state index contributed by atoms with van der Waals surface area (Å²) in [6.07, 6.45) is 2.91. The van der Waals surface area contributed by atoms with Gasteiger partial charge in [-0.2, -0.15) is 4.98 Å². The number of nitrogens with one attached hydrogen (secondary N) is 1. The average Bonchev–Trinajstić information content (AvgIpc) is 3.50. The van der Waals surface area contributed by atoms with Gasteiger partial charge in [-0.05, 0) is 43.4 Å². The Morgan fingerprint density at radius 3 is 2.53 bits per heavy atom. The summed E-state index contributed by atoms with van der Waals surface area (Å²) in [6, 6.07) is 10.6. The van der Waals surface area contributed by atoms with E-state index in [1.54, 1.807) is 12.1 Å². The zero-order chi connectivity index (χ0) is 22.7. The molecule has 1 aliphatic heterocycles. The van der Waals surface area contributed by atoms with Gasteiger partial charge < -0.3 is 19.2 Å². The fourth-order valence-corrected chi connectivity index (χ4v) is 4.01. The van der Waals surface area contributed by atoms with Crippen LogP contribution in [0.3, 0.4) is 0 Å². The Bertz CT molecular complexity index is 1070. The van der Waals surface area contributed by atoms with Gasteiger partial charge in [-0.25, -0.2) is 0 Å². The molecule has 3 aromatic rings. The van der Waals surface area contributed by atoms with Gasteiger partial charge >= 0.3 is 0 Å². The van der Waals surface area contributed by atoms with E-state index in [1.807, 2.05) is 49.9 Å². The number of furan rings is 1. The number of rotatable bonds is 6. The predicted octanol–water partition coefficient (Wildman–Crippen LogP) is 3.80. The first kappa shape index (κ1) is 21.8. The summed E-state index contributed by atoms with van der Waals surface area (Å²) in [6.45, 7) is 7.01. The number of hydrogen-bond donors (Lipinski definition) is 1. The van der Waals surface area contributed by atoms with Gasteiger partial charge in [-0.15, -0.1) is 0 Å². The summed E-state index contributed by atoms with van der Waals surface area (Å²) in [4.78, 5) is 32.0. The molecule has 3 heterocycles. The zero-order valence-electron chi connectivity index (χ0n) is 18.6. The van der Waals surface area contributed by atoms with E-state index in [-0.39, 0.29) is 29.4 Å². The topological polar surface area (TPSA) is 101 Å². The van der Waals surface area contributed by atoms with E-state index >= 15 is 0 Å². The first-order chi connectivity index (χ1) is 15.4. The molecule has 0 radical (unpaired) electrons. The Labute approximate surface area is 187 Å². The van der Waals surface area contributed by atoms with Crippen molar-refractivity contribution in [1.82, 2.24) is 20.4 Å². The van der Waals surface area contributed by atoms with Gasteiger partial charge in [0.25, 0.3) is 5.91 Å². The second-order valence-corrected chi connectivity index (χ2v) is 8.54. The lowest BCUT2D eigenvalue weighted by Crippen LogP contribution is -2.52. The molecule has 0 spiro atoms. The maximum absolute atomic E-state index is 13.1. The first-order valence-electron chi connectivity index (χ1n) is 11.0. The van der Waals surface area contributed by atoms with E-state index in [4.69, 9.17) is 8.94 Å². The standard InChI is InChI=1S/C24H28N4O4/c1-15(2)20(25-22(29)19-9-6-14-31-19)24(30)28-12-10-17(11-13-28)23-26-21(27-32-23)18-8-5-4-7-16(18)3/h4-9,14-15,17,20H,10-13H2,1-3H3,(H,25,29). The smallest absolute Gasteiger partial charge is 0.287 e. The molecule has 1 aliphatic rings. The number of carbonyl (C=O) groups excluding carboxylic acids is 2. The van der Waals surface area contributed by atoms with Crippen LogP contribution in [0.4, 0.5) is 0 Å². The minimum atomic E-state index is -0.611. The molecule has 1 aromatic carbocycles. The summed E-state index contributed by atoms with van der Waals surface area (Å²) in [5, 5.41) is 6.98. The van der Waals surface area contributed by atoms with Crippen molar-refractivity contribution >= 4 is 11.8 Å². The van der Waals surface area contributed by atoms with Crippen molar-refractivity contribution in [1.29, 1.82) is 0 Å². The Morgan fingerprint density at radius 1 is 1.12 bits per heavy atom. The highest BCUT2D eigenvalue weighted by Crippen LogP contribution is 2.29. The molecule has 1 fully saturated rings. The molecule has 1 N–H and O–H groups in total. The maximum atomic E-state index is 13.1. The number of hydrogen-bond acceptors (Lipinski definition) is 6. The molecule has 168 valence electrons. The zero-order valence-corrected chi connectivity index (χ0v) is 18.6. The minimum absolute atomic E-state index is 0.0493. The molecule has 8 heteroatoms. The van der Waals surface area contributed by atoms with E-state index < -0.39 is 6.04 Å². The van der Waals surface area contributed by atoms with Gasteiger partial charge in [0.15, 0.2) is 5.76 Å². The molecule has 1 atom stereocenters. The van der Waals surface area contributed by atoms with Crippen LogP contribution < -0.4 is 5.32 Å². The van der Waals surface area contributed by atoms with Crippen molar-refractivity contribution in [2.24, 2.45) is 5.92 Å². The lowest BCUT2D eigenvalue weighted by Gasteiger charge is -2.34. The molecule has 2 aromatic heterocycles. The molecular weight excluding hydrogens is 408 g/mol. The number of benzene rings is 1. The van der Waals surface area contributed by atoms with Crippen LogP contribution >= 0.6 is 0 Å². The number of carbonyl (C=O) groups is 2. The number of likely N-dealkylation sites (tertiary alicyclic amines) is 1. The average molecular weight is 437 g/mol. The predicted molar refractivity (Wildman–Crippen MR) is 118 cm³/mol. The fraction of sp³-hybridized carbons (Fsp3) is 0.417. The summed E-state index contributed by atoms with van der Waals surface area (Å²) >= 11 is 0. The molecule has 2 amide bonds. The van der Waals surface area contributed by atoms with Crippen LogP contribution in [0.1, 0.15) is 54.6 Å². The fourth-order valence-electron chi connectivity index (χ4n) is 4.01. The van der Waals surface area contributed by atoms with E-state index in [0.29, 0.717) is 24.8 Å². The number of aromatic nitrogens is 2. The Morgan fingerprint density at radius 2 is 1.88 bits per heavy atom. The van der Waals surface area contributed by atoms with Crippen molar-refractivity contribution in [3.63, 3.8) is 0 Å². The summed E-state index contributed by atoms with van der Waals surface area (Å²) < 4.78 is 10.7. The van der Waals surface area contributed by atoms with Crippen LogP contribution in [-0.2, 0) is 4.79 Å². The molecule has 0 aliphatic carbocycles. The third-order valence-corrected chi connectivity index (χ3v) is 5.95. The number of amides is 2. The van der Waals surface area contributed by atoms with Crippen molar-refractivity contribution in [2.45, 2.75) is 45.6 Å². The summed E-state index contributed by atoms with van der Waals surface area (Å²) in [7, 11) is 0. The third-order valence-electron chi connectivity index (χ3n) is 5.95. The highest BCUT2D eigenvalue weighted by molar-refractivity contribution is 5.95. The molecule has 1 unspecified atom stereocenters. The molecule has 1 saturated heterocycles. The van der Waals surface area contributed by atoms with Crippen LogP contribution in [-0.4, -0.2) is 46.0 Å². The lowest BCUT2D eigenvalue weighted by atomic mass is 9.95. The minimum Gasteiger partial charge on any atom is -0.459 e. The number of piperidine rings is 1. The van der Waals surface area contributed by atoms with Crippen molar-refractivity contribution < 1.29 is 18.5 Å². The van der Waals surface area contributed by atoms with Crippen molar-refractivity contribution in [3.8, 4) is 11.4 Å². The van der Waals surface area contributed by atoms with E-state index in [0.717, 1.165) is 24.0 Å². The summed E-state index contributed by atoms with van der Waals surface area (Å²) in [5.41, 5.74) is 2.05. The number of nitrogens with zero attached hydrogens (tertiary/aromatic N) is 3. The van der Waals surface area contributed by atoms with Crippen LogP contribution in [0.25, 0.3) is 11.4 Å². The van der Waals surface area contributed by atoms with E-state index in [2.05, 4.69) is 15.5 Å². The first-order valence-corrected chi connectivity index (χ1v) is 11.0.